The minimum Gasteiger partial charge on any atom is -0.470 e. The molecule has 0 radical (unpaired) electrons. The summed E-state index contributed by atoms with van der Waals surface area (Å²) in [5.41, 5.74) is 0. The van der Waals surface area contributed by atoms with Crippen molar-refractivity contribution in [2.75, 3.05) is 13.2 Å². The van der Waals surface area contributed by atoms with Crippen LogP contribution in [-0.2, 0) is 33.5 Å². The van der Waals surface area contributed by atoms with Crippen LogP contribution >= 0.6 is 0 Å². The smallest absolute Gasteiger partial charge is 0.397 e. The molecule has 2 heterocycles. The first-order chi connectivity index (χ1) is 13.5. The summed E-state index contributed by atoms with van der Waals surface area (Å²) in [6.45, 7) is 1.63. The molecule has 0 bridgehead atoms. The summed E-state index contributed by atoms with van der Waals surface area (Å²) >= 11 is 0. The molecule has 15 heteroatoms. The number of aliphatic hydroxyl groups is 6. The maximum absolute atomic E-state index is 10.7. The molecule has 0 unspecified atom stereocenters. The second-order valence-corrected chi connectivity index (χ2v) is 7.43. The third kappa shape index (κ3) is 5.81. The first-order valence-electron chi connectivity index (χ1n) is 8.36. The van der Waals surface area contributed by atoms with E-state index in [4.69, 9.17) is 23.5 Å². The van der Waals surface area contributed by atoms with Crippen LogP contribution in [-0.4, -0.2) is 118 Å². The molecule has 2 saturated heterocycles. The van der Waals surface area contributed by atoms with Gasteiger partial charge in [-0.15, -0.1) is 0 Å². The van der Waals surface area contributed by atoms with E-state index in [1.165, 1.54) is 0 Å². The van der Waals surface area contributed by atoms with E-state index in [2.05, 4.69) is 10.8 Å². The number of hydrogen-bond acceptors (Lipinski definition) is 13. The molecule has 14 nitrogen and oxygen atoms in total. The number of hydrogen-bond donors (Lipinski definition) is 7. The lowest BCUT2D eigenvalue weighted by molar-refractivity contribution is -0.355. The highest BCUT2D eigenvalue weighted by Crippen LogP contribution is 2.29. The molecule has 0 aromatic carbocycles. The van der Waals surface area contributed by atoms with E-state index in [-0.39, 0.29) is 0 Å². The SMILES string of the molecule is C=CO[C@@H]1O[C@H](CO)[C@@H](O[C@@H]2O[C@H](COS(=O)(=O)O)[C@H](O)[C@H](O)[C@H]2O)[C@H](O)[C@H]1O. The van der Waals surface area contributed by atoms with Gasteiger partial charge in [0, 0.05) is 0 Å². The molecule has 0 aliphatic carbocycles. The van der Waals surface area contributed by atoms with Crippen LogP contribution in [0.3, 0.4) is 0 Å². The summed E-state index contributed by atoms with van der Waals surface area (Å²) in [7, 11) is -4.89. The summed E-state index contributed by atoms with van der Waals surface area (Å²) < 4.78 is 54.8. The lowest BCUT2D eigenvalue weighted by Gasteiger charge is -2.45. The molecule has 2 aliphatic heterocycles. The molecule has 29 heavy (non-hydrogen) atoms. The fourth-order valence-corrected chi connectivity index (χ4v) is 3.21. The fourth-order valence-electron chi connectivity index (χ4n) is 2.90. The molecule has 2 aliphatic rings. The maximum atomic E-state index is 10.7. The van der Waals surface area contributed by atoms with Crippen molar-refractivity contribution in [1.29, 1.82) is 0 Å². The van der Waals surface area contributed by atoms with Crippen LogP contribution in [0.5, 0.6) is 0 Å². The van der Waals surface area contributed by atoms with Crippen LogP contribution in [0.4, 0.5) is 0 Å². The summed E-state index contributed by atoms with van der Waals surface area (Å²) in [6, 6.07) is 0. The zero-order valence-electron chi connectivity index (χ0n) is 14.9. The Labute approximate surface area is 165 Å². The number of rotatable bonds is 8. The van der Waals surface area contributed by atoms with E-state index < -0.39 is 85.0 Å². The van der Waals surface area contributed by atoms with Gasteiger partial charge in [-0.1, -0.05) is 6.58 Å². The Hall–Kier alpha value is -0.950. The lowest BCUT2D eigenvalue weighted by Crippen LogP contribution is -2.64. The van der Waals surface area contributed by atoms with Crippen molar-refractivity contribution in [3.63, 3.8) is 0 Å². The van der Waals surface area contributed by atoms with Gasteiger partial charge < -0.3 is 49.6 Å². The van der Waals surface area contributed by atoms with E-state index in [0.29, 0.717) is 0 Å². The van der Waals surface area contributed by atoms with Crippen LogP contribution in [0.15, 0.2) is 12.8 Å². The van der Waals surface area contributed by atoms with E-state index >= 15 is 0 Å². The molecule has 2 fully saturated rings. The van der Waals surface area contributed by atoms with Gasteiger partial charge in [0.25, 0.3) is 0 Å². The maximum Gasteiger partial charge on any atom is 0.397 e. The van der Waals surface area contributed by atoms with Gasteiger partial charge in [0.05, 0.1) is 19.5 Å². The first-order valence-corrected chi connectivity index (χ1v) is 9.72. The predicted octanol–water partition coefficient (Wildman–Crippen LogP) is -4.40. The Morgan fingerprint density at radius 3 is 2.03 bits per heavy atom. The van der Waals surface area contributed by atoms with Crippen molar-refractivity contribution in [2.24, 2.45) is 0 Å². The molecular weight excluding hydrogens is 424 g/mol. The Bertz CT molecular complexity index is 640. The van der Waals surface area contributed by atoms with Crippen molar-refractivity contribution in [3.8, 4) is 0 Å². The minimum atomic E-state index is -4.89. The summed E-state index contributed by atoms with van der Waals surface area (Å²) in [4.78, 5) is 0. The number of ether oxygens (including phenoxy) is 4. The zero-order valence-corrected chi connectivity index (χ0v) is 15.7. The highest BCUT2D eigenvalue weighted by atomic mass is 32.3. The molecule has 7 N–H and O–H groups in total. The predicted molar refractivity (Wildman–Crippen MR) is 88.1 cm³/mol. The van der Waals surface area contributed by atoms with Gasteiger partial charge in [-0.3, -0.25) is 4.55 Å². The van der Waals surface area contributed by atoms with Crippen molar-refractivity contribution in [3.05, 3.63) is 12.8 Å². The minimum absolute atomic E-state index is 0.714. The van der Waals surface area contributed by atoms with E-state index in [1.54, 1.807) is 0 Å². The summed E-state index contributed by atoms with van der Waals surface area (Å²) in [6.07, 6.45) is -15.5. The Morgan fingerprint density at radius 2 is 1.48 bits per heavy atom. The van der Waals surface area contributed by atoms with Gasteiger partial charge in [0.1, 0.15) is 48.8 Å². The van der Waals surface area contributed by atoms with Gasteiger partial charge in [-0.2, -0.15) is 8.42 Å². The van der Waals surface area contributed by atoms with Crippen molar-refractivity contribution >= 4 is 10.4 Å². The number of aliphatic hydroxyl groups excluding tert-OH is 6. The Kier molecular flexibility index (Phi) is 8.31. The molecule has 0 aromatic rings. The van der Waals surface area contributed by atoms with Crippen molar-refractivity contribution < 1.29 is 66.7 Å². The van der Waals surface area contributed by atoms with Crippen LogP contribution in [0.2, 0.25) is 0 Å². The molecule has 0 spiro atoms. The van der Waals surface area contributed by atoms with Crippen LogP contribution in [0.25, 0.3) is 0 Å². The van der Waals surface area contributed by atoms with Crippen LogP contribution in [0.1, 0.15) is 0 Å². The van der Waals surface area contributed by atoms with Crippen LogP contribution in [0, 0.1) is 0 Å². The van der Waals surface area contributed by atoms with Gasteiger partial charge in [-0.05, 0) is 0 Å². The standard InChI is InChI=1S/C14H24O14S/c1-2-24-13-11(20)9(18)12(5(3-15)26-13)28-14-10(19)8(17)7(16)6(27-14)4-25-29(21,22)23/h2,5-20H,1,3-4H2,(H,21,22,23)/t5-,6-,7+,8+,9-,10-,11-,12-,13-,14+/m1/s1. The van der Waals surface area contributed by atoms with Gasteiger partial charge >= 0.3 is 10.4 Å². The summed E-state index contributed by atoms with van der Waals surface area (Å²) in [5, 5.41) is 59.7. The molecule has 0 saturated carbocycles. The highest BCUT2D eigenvalue weighted by Gasteiger charge is 2.51. The monoisotopic (exact) mass is 448 g/mol. The third-order valence-corrected chi connectivity index (χ3v) is 4.83. The lowest BCUT2D eigenvalue weighted by atomic mass is 9.97. The van der Waals surface area contributed by atoms with Gasteiger partial charge in [-0.25, -0.2) is 4.18 Å². The first kappa shape index (κ1) is 24.3. The second-order valence-electron chi connectivity index (χ2n) is 6.34. The van der Waals surface area contributed by atoms with Gasteiger partial charge in [0.15, 0.2) is 6.29 Å². The van der Waals surface area contributed by atoms with Crippen molar-refractivity contribution in [2.45, 2.75) is 61.4 Å². The second kappa shape index (κ2) is 9.90. The van der Waals surface area contributed by atoms with E-state index in [1.807, 2.05) is 0 Å². The molecule has 2 rings (SSSR count). The molecular formula is C14H24O14S. The van der Waals surface area contributed by atoms with Gasteiger partial charge in [0.2, 0.25) is 6.29 Å². The molecule has 170 valence electrons. The average Bonchev–Trinajstić information content (AvgIpc) is 2.66. The molecule has 0 aromatic heterocycles. The Morgan fingerprint density at radius 1 is 0.897 bits per heavy atom. The fraction of sp³-hybridized carbons (Fsp3) is 0.857. The third-order valence-electron chi connectivity index (χ3n) is 4.39. The molecule has 10 atom stereocenters. The average molecular weight is 448 g/mol. The zero-order chi connectivity index (χ0) is 21.9. The molecule has 0 amide bonds. The normalized spacial score (nSPS) is 43.7. The summed E-state index contributed by atoms with van der Waals surface area (Å²) in [5.74, 6) is 0. The Balaban J connectivity index is 2.13. The quantitative estimate of drug-likeness (QED) is 0.138. The van der Waals surface area contributed by atoms with E-state index in [9.17, 15) is 39.1 Å². The topological polar surface area (TPSA) is 222 Å². The van der Waals surface area contributed by atoms with Crippen LogP contribution < -0.4 is 0 Å². The van der Waals surface area contributed by atoms with Crippen molar-refractivity contribution in [1.82, 2.24) is 0 Å². The highest BCUT2D eigenvalue weighted by molar-refractivity contribution is 7.80. The largest absolute Gasteiger partial charge is 0.470 e. The van der Waals surface area contributed by atoms with E-state index in [0.717, 1.165) is 6.26 Å².